The van der Waals surface area contributed by atoms with Crippen LogP contribution in [0.5, 0.6) is 5.88 Å². The number of hydrogen-bond acceptors (Lipinski definition) is 4. The van der Waals surface area contributed by atoms with Crippen LogP contribution in [-0.4, -0.2) is 22.7 Å². The predicted molar refractivity (Wildman–Crippen MR) is 76.4 cm³/mol. The van der Waals surface area contributed by atoms with Crippen LogP contribution in [0.25, 0.3) is 0 Å². The molecule has 21 heavy (non-hydrogen) atoms. The highest BCUT2D eigenvalue weighted by molar-refractivity contribution is 5.73. The van der Waals surface area contributed by atoms with Gasteiger partial charge in [0.2, 0.25) is 5.88 Å². The molecule has 1 aliphatic carbocycles. The van der Waals surface area contributed by atoms with Gasteiger partial charge in [0.15, 0.2) is 0 Å². The Hall–Kier alpha value is -1.65. The zero-order chi connectivity index (χ0) is 15.5. The summed E-state index contributed by atoms with van der Waals surface area (Å²) < 4.78 is 23.9. The number of aromatic nitrogens is 1. The Balaban J connectivity index is 1.80. The standard InChI is InChI=1S/C16H22FNO3/c1-16(2,3)21-15(19)11-4-7-13(8-5-11)20-14-9-6-12(17)10-18-14/h6,9-11,13H,4-5,7-8H2,1-3H3/t11-,13-. The van der Waals surface area contributed by atoms with E-state index in [0.29, 0.717) is 5.88 Å². The second kappa shape index (κ2) is 6.41. The highest BCUT2D eigenvalue weighted by Crippen LogP contribution is 2.29. The molecule has 1 fully saturated rings. The molecule has 0 atom stereocenters. The summed E-state index contributed by atoms with van der Waals surface area (Å²) in [6.45, 7) is 5.62. The van der Waals surface area contributed by atoms with Crippen molar-refractivity contribution in [1.82, 2.24) is 4.98 Å². The van der Waals surface area contributed by atoms with Crippen molar-refractivity contribution >= 4 is 5.97 Å². The van der Waals surface area contributed by atoms with E-state index in [1.54, 1.807) is 0 Å². The number of pyridine rings is 1. The van der Waals surface area contributed by atoms with Gasteiger partial charge >= 0.3 is 5.97 Å². The van der Waals surface area contributed by atoms with Gasteiger partial charge in [0.05, 0.1) is 12.1 Å². The lowest BCUT2D eigenvalue weighted by Crippen LogP contribution is -2.33. The topological polar surface area (TPSA) is 48.4 Å². The highest BCUT2D eigenvalue weighted by Gasteiger charge is 2.30. The molecular formula is C16H22FNO3. The van der Waals surface area contributed by atoms with Crippen LogP contribution in [0.4, 0.5) is 4.39 Å². The van der Waals surface area contributed by atoms with E-state index in [0.717, 1.165) is 31.9 Å². The Morgan fingerprint density at radius 3 is 2.43 bits per heavy atom. The Bertz CT molecular complexity index is 473. The van der Waals surface area contributed by atoms with Crippen LogP contribution in [0.2, 0.25) is 0 Å². The molecule has 5 heteroatoms. The number of rotatable bonds is 3. The summed E-state index contributed by atoms with van der Waals surface area (Å²) in [5, 5.41) is 0. The fourth-order valence-electron chi connectivity index (χ4n) is 2.40. The van der Waals surface area contributed by atoms with Crippen LogP contribution in [0.3, 0.4) is 0 Å². The second-order valence-electron chi connectivity index (χ2n) is 6.44. The molecule has 0 aromatic carbocycles. The molecule has 0 N–H and O–H groups in total. The fourth-order valence-corrected chi connectivity index (χ4v) is 2.40. The summed E-state index contributed by atoms with van der Waals surface area (Å²) in [5.41, 5.74) is -0.442. The molecule has 0 bridgehead atoms. The summed E-state index contributed by atoms with van der Waals surface area (Å²) in [5.74, 6) is -0.126. The lowest BCUT2D eigenvalue weighted by molar-refractivity contribution is -0.161. The van der Waals surface area contributed by atoms with E-state index in [-0.39, 0.29) is 23.8 Å². The first kappa shape index (κ1) is 15.7. The van der Waals surface area contributed by atoms with E-state index in [1.165, 1.54) is 12.1 Å². The molecule has 1 aliphatic rings. The van der Waals surface area contributed by atoms with Gasteiger partial charge in [-0.25, -0.2) is 9.37 Å². The summed E-state index contributed by atoms with van der Waals surface area (Å²) in [6, 6.07) is 2.85. The van der Waals surface area contributed by atoms with E-state index in [4.69, 9.17) is 9.47 Å². The van der Waals surface area contributed by atoms with Crippen molar-refractivity contribution < 1.29 is 18.7 Å². The van der Waals surface area contributed by atoms with Gasteiger partial charge in [-0.2, -0.15) is 0 Å². The number of carbonyl (C=O) groups excluding carboxylic acids is 1. The molecule has 1 heterocycles. The summed E-state index contributed by atoms with van der Waals surface area (Å²) in [7, 11) is 0. The predicted octanol–water partition coefficient (Wildman–Crippen LogP) is 3.50. The molecule has 1 aromatic heterocycles. The second-order valence-corrected chi connectivity index (χ2v) is 6.44. The molecular weight excluding hydrogens is 273 g/mol. The number of carbonyl (C=O) groups is 1. The minimum atomic E-state index is -0.442. The maximum absolute atomic E-state index is 12.8. The maximum atomic E-state index is 12.8. The number of halogens is 1. The molecule has 4 nitrogen and oxygen atoms in total. The van der Waals surface area contributed by atoms with Crippen molar-refractivity contribution in [3.63, 3.8) is 0 Å². The number of hydrogen-bond donors (Lipinski definition) is 0. The lowest BCUT2D eigenvalue weighted by Gasteiger charge is -2.29. The third-order valence-corrected chi connectivity index (χ3v) is 3.40. The molecule has 0 saturated heterocycles. The Morgan fingerprint density at radius 1 is 1.24 bits per heavy atom. The van der Waals surface area contributed by atoms with Gasteiger partial charge in [-0.05, 0) is 52.5 Å². The van der Waals surface area contributed by atoms with Crippen LogP contribution in [0, 0.1) is 11.7 Å². The van der Waals surface area contributed by atoms with Gasteiger partial charge in [-0.1, -0.05) is 0 Å². The molecule has 1 aromatic rings. The summed E-state index contributed by atoms with van der Waals surface area (Å²) in [4.78, 5) is 15.9. The zero-order valence-electron chi connectivity index (χ0n) is 12.8. The van der Waals surface area contributed by atoms with Crippen molar-refractivity contribution in [2.75, 3.05) is 0 Å². The molecule has 0 amide bonds. The van der Waals surface area contributed by atoms with Crippen molar-refractivity contribution in [3.8, 4) is 5.88 Å². The van der Waals surface area contributed by atoms with E-state index in [1.807, 2.05) is 20.8 Å². The van der Waals surface area contributed by atoms with Crippen molar-refractivity contribution in [2.24, 2.45) is 5.92 Å². The van der Waals surface area contributed by atoms with Crippen LogP contribution in [0.15, 0.2) is 18.3 Å². The average molecular weight is 295 g/mol. The van der Waals surface area contributed by atoms with Crippen molar-refractivity contribution in [2.45, 2.75) is 58.2 Å². The van der Waals surface area contributed by atoms with E-state index in [9.17, 15) is 9.18 Å². The van der Waals surface area contributed by atoms with E-state index in [2.05, 4.69) is 4.98 Å². The molecule has 0 radical (unpaired) electrons. The molecule has 2 rings (SSSR count). The molecule has 0 spiro atoms. The van der Waals surface area contributed by atoms with Crippen LogP contribution in [0.1, 0.15) is 46.5 Å². The number of ether oxygens (including phenoxy) is 2. The minimum Gasteiger partial charge on any atom is -0.474 e. The van der Waals surface area contributed by atoms with Crippen LogP contribution < -0.4 is 4.74 Å². The van der Waals surface area contributed by atoms with E-state index >= 15 is 0 Å². The van der Waals surface area contributed by atoms with Gasteiger partial charge in [-0.15, -0.1) is 0 Å². The molecule has 0 aliphatic heterocycles. The Morgan fingerprint density at radius 2 is 1.90 bits per heavy atom. The van der Waals surface area contributed by atoms with Gasteiger partial charge in [0.1, 0.15) is 17.5 Å². The van der Waals surface area contributed by atoms with Crippen molar-refractivity contribution in [1.29, 1.82) is 0 Å². The first-order valence-corrected chi connectivity index (χ1v) is 7.34. The van der Waals surface area contributed by atoms with Gasteiger partial charge in [0, 0.05) is 6.07 Å². The Kier molecular flexibility index (Phi) is 4.80. The third kappa shape index (κ3) is 4.99. The normalized spacial score (nSPS) is 22.7. The van der Waals surface area contributed by atoms with Crippen LogP contribution >= 0.6 is 0 Å². The molecule has 0 unspecified atom stereocenters. The van der Waals surface area contributed by atoms with Crippen molar-refractivity contribution in [3.05, 3.63) is 24.1 Å². The maximum Gasteiger partial charge on any atom is 0.309 e. The fraction of sp³-hybridized carbons (Fsp3) is 0.625. The largest absolute Gasteiger partial charge is 0.474 e. The van der Waals surface area contributed by atoms with Gasteiger partial charge < -0.3 is 9.47 Å². The quantitative estimate of drug-likeness (QED) is 0.801. The number of esters is 1. The smallest absolute Gasteiger partial charge is 0.309 e. The monoisotopic (exact) mass is 295 g/mol. The zero-order valence-corrected chi connectivity index (χ0v) is 12.8. The summed E-state index contributed by atoms with van der Waals surface area (Å²) in [6.07, 6.45) is 4.23. The first-order chi connectivity index (χ1) is 9.83. The first-order valence-electron chi connectivity index (χ1n) is 7.34. The summed E-state index contributed by atoms with van der Waals surface area (Å²) >= 11 is 0. The average Bonchev–Trinajstić information content (AvgIpc) is 2.40. The molecule has 116 valence electrons. The molecule has 1 saturated carbocycles. The number of nitrogens with zero attached hydrogens (tertiary/aromatic N) is 1. The SMILES string of the molecule is CC(C)(C)OC(=O)[C@H]1CC[C@H](Oc2ccc(F)cn2)CC1. The lowest BCUT2D eigenvalue weighted by atomic mass is 9.87. The van der Waals surface area contributed by atoms with Gasteiger partial charge in [0.25, 0.3) is 0 Å². The Labute approximate surface area is 124 Å². The van der Waals surface area contributed by atoms with Gasteiger partial charge in [-0.3, -0.25) is 4.79 Å². The van der Waals surface area contributed by atoms with Crippen LogP contribution in [-0.2, 0) is 9.53 Å². The minimum absolute atomic E-state index is 0.0293. The third-order valence-electron chi connectivity index (χ3n) is 3.40. The highest BCUT2D eigenvalue weighted by atomic mass is 19.1. The van der Waals surface area contributed by atoms with E-state index < -0.39 is 5.60 Å².